The Morgan fingerprint density at radius 2 is 1.94 bits per heavy atom. The van der Waals surface area contributed by atoms with E-state index in [9.17, 15) is 9.59 Å². The van der Waals surface area contributed by atoms with E-state index in [4.69, 9.17) is 21.0 Å². The number of hydrogen-bond acceptors (Lipinski definition) is 6. The van der Waals surface area contributed by atoms with E-state index in [2.05, 4.69) is 9.97 Å². The molecule has 0 bridgehead atoms. The Morgan fingerprint density at radius 3 is 2.69 bits per heavy atom. The second-order valence-electron chi connectivity index (χ2n) is 9.25. The van der Waals surface area contributed by atoms with E-state index in [1.807, 2.05) is 35.2 Å². The summed E-state index contributed by atoms with van der Waals surface area (Å²) in [4.78, 5) is 43.0. The van der Waals surface area contributed by atoms with Gasteiger partial charge in [-0.2, -0.15) is 0 Å². The van der Waals surface area contributed by atoms with Crippen molar-refractivity contribution in [3.05, 3.63) is 65.1 Å². The minimum atomic E-state index is -0.106. The quantitative estimate of drug-likeness (QED) is 0.511. The van der Waals surface area contributed by atoms with Gasteiger partial charge in [-0.1, -0.05) is 23.7 Å². The highest BCUT2D eigenvalue weighted by Crippen LogP contribution is 2.34. The number of benzene rings is 1. The van der Waals surface area contributed by atoms with E-state index in [1.54, 1.807) is 18.0 Å². The standard InChI is InChI=1S/C26H28ClN5O3/c1-17-29-22(16-35-17)26(34)31-12-8-18(9-13-31)14-24(33)32-11-3-6-23(32)21-7-10-28-25(30-21)19-4-2-5-20(27)15-19/h2,4-5,7,10,15-16,18,23H,3,6,8-9,11-14H2,1H3. The molecule has 2 aliphatic heterocycles. The molecule has 2 saturated heterocycles. The topological polar surface area (TPSA) is 92.4 Å². The molecule has 0 spiro atoms. The monoisotopic (exact) mass is 493 g/mol. The molecule has 3 aromatic rings. The van der Waals surface area contributed by atoms with Gasteiger partial charge in [-0.15, -0.1) is 0 Å². The lowest BCUT2D eigenvalue weighted by molar-refractivity contribution is -0.133. The van der Waals surface area contributed by atoms with Gasteiger partial charge in [0, 0.05) is 49.8 Å². The van der Waals surface area contributed by atoms with Crippen molar-refractivity contribution in [2.75, 3.05) is 19.6 Å². The van der Waals surface area contributed by atoms with Crippen LogP contribution >= 0.6 is 11.6 Å². The molecule has 2 aliphatic rings. The van der Waals surface area contributed by atoms with Crippen LogP contribution in [-0.4, -0.2) is 56.2 Å². The van der Waals surface area contributed by atoms with Crippen LogP contribution in [0, 0.1) is 12.8 Å². The van der Waals surface area contributed by atoms with E-state index >= 15 is 0 Å². The summed E-state index contributed by atoms with van der Waals surface area (Å²) in [5, 5.41) is 0.637. The normalized spacial score (nSPS) is 18.7. The number of aryl methyl sites for hydroxylation is 1. The van der Waals surface area contributed by atoms with Crippen LogP contribution in [0.25, 0.3) is 11.4 Å². The summed E-state index contributed by atoms with van der Waals surface area (Å²) < 4.78 is 5.17. The minimum Gasteiger partial charge on any atom is -0.448 e. The van der Waals surface area contributed by atoms with Crippen molar-refractivity contribution < 1.29 is 14.0 Å². The van der Waals surface area contributed by atoms with E-state index < -0.39 is 0 Å². The average molecular weight is 494 g/mol. The number of piperidine rings is 1. The van der Waals surface area contributed by atoms with E-state index in [0.29, 0.717) is 41.9 Å². The van der Waals surface area contributed by atoms with Crippen LogP contribution in [0.1, 0.15) is 60.2 Å². The fourth-order valence-corrected chi connectivity index (χ4v) is 5.22. The lowest BCUT2D eigenvalue weighted by Gasteiger charge is -2.33. The fourth-order valence-electron chi connectivity index (χ4n) is 5.03. The number of oxazole rings is 1. The molecule has 8 nitrogen and oxygen atoms in total. The van der Waals surface area contributed by atoms with Crippen molar-refractivity contribution in [3.63, 3.8) is 0 Å². The molecule has 4 heterocycles. The van der Waals surface area contributed by atoms with E-state index in [-0.39, 0.29) is 23.8 Å². The van der Waals surface area contributed by atoms with Gasteiger partial charge in [0.2, 0.25) is 5.91 Å². The highest BCUT2D eigenvalue weighted by Gasteiger charge is 2.33. The van der Waals surface area contributed by atoms with Crippen LogP contribution in [0.5, 0.6) is 0 Å². The van der Waals surface area contributed by atoms with Crippen LogP contribution in [0.4, 0.5) is 0 Å². The fraction of sp³-hybridized carbons (Fsp3) is 0.423. The zero-order valence-electron chi connectivity index (χ0n) is 19.7. The number of carbonyl (C=O) groups excluding carboxylic acids is 2. The average Bonchev–Trinajstić information content (AvgIpc) is 3.54. The number of rotatable bonds is 5. The van der Waals surface area contributed by atoms with Crippen molar-refractivity contribution in [3.8, 4) is 11.4 Å². The molecule has 2 amide bonds. The summed E-state index contributed by atoms with van der Waals surface area (Å²) >= 11 is 6.14. The molecule has 1 unspecified atom stereocenters. The summed E-state index contributed by atoms with van der Waals surface area (Å²) in [6.07, 6.45) is 7.11. The molecule has 0 radical (unpaired) electrons. The summed E-state index contributed by atoms with van der Waals surface area (Å²) in [5.41, 5.74) is 2.07. The molecule has 2 fully saturated rings. The summed E-state index contributed by atoms with van der Waals surface area (Å²) in [6.45, 7) is 3.71. The number of aromatic nitrogens is 3. The number of carbonyl (C=O) groups is 2. The van der Waals surface area contributed by atoms with Crippen molar-refractivity contribution in [1.82, 2.24) is 24.8 Å². The maximum atomic E-state index is 13.3. The van der Waals surface area contributed by atoms with Crippen molar-refractivity contribution in [2.24, 2.45) is 5.92 Å². The molecule has 0 aliphatic carbocycles. The Hall–Kier alpha value is -3.26. The third-order valence-electron chi connectivity index (χ3n) is 6.88. The van der Waals surface area contributed by atoms with Gasteiger partial charge in [-0.3, -0.25) is 9.59 Å². The molecule has 182 valence electrons. The van der Waals surface area contributed by atoms with Gasteiger partial charge in [-0.05, 0) is 49.8 Å². The second-order valence-corrected chi connectivity index (χ2v) is 9.69. The largest absolute Gasteiger partial charge is 0.448 e. The molecular weight excluding hydrogens is 466 g/mol. The van der Waals surface area contributed by atoms with Crippen LogP contribution in [-0.2, 0) is 4.79 Å². The number of amides is 2. The van der Waals surface area contributed by atoms with Crippen LogP contribution in [0.2, 0.25) is 5.02 Å². The number of likely N-dealkylation sites (tertiary alicyclic amines) is 2. The maximum absolute atomic E-state index is 13.3. The summed E-state index contributed by atoms with van der Waals surface area (Å²) in [7, 11) is 0. The molecule has 2 aromatic heterocycles. The highest BCUT2D eigenvalue weighted by atomic mass is 35.5. The first-order valence-corrected chi connectivity index (χ1v) is 12.5. The van der Waals surface area contributed by atoms with Gasteiger partial charge >= 0.3 is 0 Å². The van der Waals surface area contributed by atoms with Gasteiger partial charge in [0.05, 0.1) is 11.7 Å². The Balaban J connectivity index is 1.20. The van der Waals surface area contributed by atoms with Gasteiger partial charge in [0.15, 0.2) is 17.4 Å². The molecule has 0 saturated carbocycles. The van der Waals surface area contributed by atoms with Gasteiger partial charge in [-0.25, -0.2) is 15.0 Å². The van der Waals surface area contributed by atoms with E-state index in [0.717, 1.165) is 43.5 Å². The van der Waals surface area contributed by atoms with Gasteiger partial charge in [0.25, 0.3) is 5.91 Å². The van der Waals surface area contributed by atoms with Crippen molar-refractivity contribution in [1.29, 1.82) is 0 Å². The molecular formula is C26H28ClN5O3. The predicted octanol–water partition coefficient (Wildman–Crippen LogP) is 4.70. The van der Waals surface area contributed by atoms with Crippen LogP contribution in [0.15, 0.2) is 47.2 Å². The van der Waals surface area contributed by atoms with E-state index in [1.165, 1.54) is 6.26 Å². The van der Waals surface area contributed by atoms with Crippen LogP contribution < -0.4 is 0 Å². The number of halogens is 1. The minimum absolute atomic E-state index is 0.0412. The van der Waals surface area contributed by atoms with Crippen molar-refractivity contribution in [2.45, 2.75) is 45.1 Å². The predicted molar refractivity (Wildman–Crippen MR) is 131 cm³/mol. The maximum Gasteiger partial charge on any atom is 0.275 e. The molecule has 35 heavy (non-hydrogen) atoms. The lowest BCUT2D eigenvalue weighted by Crippen LogP contribution is -2.40. The Bertz CT molecular complexity index is 1220. The van der Waals surface area contributed by atoms with Gasteiger partial charge < -0.3 is 14.2 Å². The Morgan fingerprint density at radius 1 is 1.11 bits per heavy atom. The highest BCUT2D eigenvalue weighted by molar-refractivity contribution is 6.30. The molecule has 1 aromatic carbocycles. The molecule has 9 heteroatoms. The Kier molecular flexibility index (Phi) is 6.81. The third kappa shape index (κ3) is 5.22. The zero-order chi connectivity index (χ0) is 24.4. The first-order chi connectivity index (χ1) is 17.0. The first kappa shape index (κ1) is 23.5. The second kappa shape index (κ2) is 10.2. The third-order valence-corrected chi connectivity index (χ3v) is 7.11. The number of nitrogens with zero attached hydrogens (tertiary/aromatic N) is 5. The first-order valence-electron chi connectivity index (χ1n) is 12.1. The zero-order valence-corrected chi connectivity index (χ0v) is 20.4. The number of hydrogen-bond donors (Lipinski definition) is 0. The molecule has 1 atom stereocenters. The van der Waals surface area contributed by atoms with Gasteiger partial charge in [0.1, 0.15) is 6.26 Å². The van der Waals surface area contributed by atoms with Crippen molar-refractivity contribution >= 4 is 23.4 Å². The smallest absolute Gasteiger partial charge is 0.275 e. The molecule has 5 rings (SSSR count). The Labute approximate surface area is 209 Å². The molecule has 0 N–H and O–H groups in total. The lowest BCUT2D eigenvalue weighted by atomic mass is 9.92. The SMILES string of the molecule is Cc1nc(C(=O)N2CCC(CC(=O)N3CCCC3c3ccnc(-c4cccc(Cl)c4)n3)CC2)co1. The van der Waals surface area contributed by atoms with Crippen LogP contribution in [0.3, 0.4) is 0 Å². The summed E-state index contributed by atoms with van der Waals surface area (Å²) in [5.74, 6) is 1.41. The summed E-state index contributed by atoms with van der Waals surface area (Å²) in [6, 6.07) is 9.34.